The molecule has 8 rings (SSSR count). The maximum atomic E-state index is 15.3. The largest absolute Gasteiger partial charge is 0.494 e. The van der Waals surface area contributed by atoms with Crippen molar-refractivity contribution in [3.63, 3.8) is 0 Å². The minimum absolute atomic E-state index is 0.000556. The van der Waals surface area contributed by atoms with Crippen LogP contribution in [-0.2, 0) is 26.2 Å². The molecule has 0 bridgehead atoms. The van der Waals surface area contributed by atoms with Crippen LogP contribution in [0, 0.1) is 57.9 Å². The van der Waals surface area contributed by atoms with Gasteiger partial charge in [-0.3, -0.25) is 27.9 Å². The molecule has 0 saturated heterocycles. The predicted octanol–water partition coefficient (Wildman–Crippen LogP) is 6.67. The second-order valence-corrected chi connectivity index (χ2v) is 17.9. The second-order valence-electron chi connectivity index (χ2n) is 17.9. The van der Waals surface area contributed by atoms with Crippen LogP contribution in [0.25, 0.3) is 11.1 Å². The molecule has 0 fully saturated rings. The van der Waals surface area contributed by atoms with Crippen LogP contribution >= 0.6 is 0 Å². The molecule has 2 atom stereocenters. The average molecular weight is 1040 g/mol. The molecule has 0 aliphatic rings. The molecule has 14 nitrogen and oxygen atoms in total. The maximum Gasteiger partial charge on any atom is 0.491 e. The van der Waals surface area contributed by atoms with Gasteiger partial charge in [-0.25, -0.2) is 27.2 Å². The van der Waals surface area contributed by atoms with Crippen molar-refractivity contribution in [2.24, 2.45) is 11.5 Å². The summed E-state index contributed by atoms with van der Waals surface area (Å²) >= 11 is 0. The molecule has 6 N–H and O–H groups in total. The Hall–Kier alpha value is -8.10. The van der Waals surface area contributed by atoms with E-state index in [9.17, 15) is 32.3 Å². The average Bonchev–Trinajstić information content (AvgIpc) is 3.42. The summed E-state index contributed by atoms with van der Waals surface area (Å²) in [6.45, 7) is 8.30. The molecule has 0 aliphatic carbocycles. The summed E-state index contributed by atoms with van der Waals surface area (Å²) in [7, 11) is 0.833. The molecule has 2 aromatic heterocycles. The zero-order valence-corrected chi connectivity index (χ0v) is 43.1. The van der Waals surface area contributed by atoms with Gasteiger partial charge in [0.05, 0.1) is 46.0 Å². The second kappa shape index (κ2) is 25.4. The molecule has 6 aromatic carbocycles. The van der Waals surface area contributed by atoms with E-state index >= 15 is 4.39 Å². The van der Waals surface area contributed by atoms with E-state index in [0.717, 1.165) is 25.8 Å². The summed E-state index contributed by atoms with van der Waals surface area (Å²) in [6.07, 6.45) is 0. The van der Waals surface area contributed by atoms with Gasteiger partial charge in [-0.15, -0.1) is 0 Å². The first kappa shape index (κ1) is 57.2. The van der Waals surface area contributed by atoms with Gasteiger partial charge in [0, 0.05) is 51.2 Å². The van der Waals surface area contributed by atoms with E-state index in [-0.39, 0.29) is 71.3 Å². The Labute approximate surface area is 436 Å². The smallest absolute Gasteiger partial charge is 0.491 e. The van der Waals surface area contributed by atoms with E-state index in [4.69, 9.17) is 26.3 Å². The lowest BCUT2D eigenvalue weighted by Crippen LogP contribution is -2.44. The van der Waals surface area contributed by atoms with Crippen molar-refractivity contribution >= 4 is 12.6 Å². The first-order valence-electron chi connectivity index (χ1n) is 24.0. The number of nitrogens with zero attached hydrogens (tertiary/aromatic N) is 4. The topological polar surface area (TPSA) is 199 Å². The Balaban J connectivity index is 0.000000207. The monoisotopic (exact) mass is 1040 g/mol. The number of ether oxygens (including phenoxy) is 2. The van der Waals surface area contributed by atoms with E-state index in [1.807, 2.05) is 48.5 Å². The van der Waals surface area contributed by atoms with Gasteiger partial charge in [-0.05, 0) is 81.1 Å². The van der Waals surface area contributed by atoms with Crippen molar-refractivity contribution in [3.8, 4) is 22.6 Å². The number of hydrogen-bond donors (Lipinski definition) is 4. The lowest BCUT2D eigenvalue weighted by Gasteiger charge is -2.21. The van der Waals surface area contributed by atoms with Crippen LogP contribution < -0.4 is 48.9 Å². The van der Waals surface area contributed by atoms with E-state index < -0.39 is 53.6 Å². The lowest BCUT2D eigenvalue weighted by molar-refractivity contribution is 0.384. The third-order valence-corrected chi connectivity index (χ3v) is 13.2. The number of benzene rings is 6. The summed E-state index contributed by atoms with van der Waals surface area (Å²) in [4.78, 5) is 53.1. The number of nitrogens with two attached hydrogens (primary N) is 2. The van der Waals surface area contributed by atoms with Gasteiger partial charge in [0.2, 0.25) is 0 Å². The van der Waals surface area contributed by atoms with E-state index in [0.29, 0.717) is 27.9 Å². The van der Waals surface area contributed by atoms with Crippen molar-refractivity contribution in [2.45, 2.75) is 72.9 Å². The van der Waals surface area contributed by atoms with Crippen molar-refractivity contribution in [3.05, 3.63) is 249 Å². The minimum atomic E-state index is -1.81. The van der Waals surface area contributed by atoms with Crippen LogP contribution in [0.5, 0.6) is 11.5 Å². The fourth-order valence-electron chi connectivity index (χ4n) is 8.54. The van der Waals surface area contributed by atoms with Crippen LogP contribution in [0.1, 0.15) is 62.4 Å². The summed E-state index contributed by atoms with van der Waals surface area (Å²) in [5.41, 5.74) is 15.1. The summed E-state index contributed by atoms with van der Waals surface area (Å²) in [5.74, 6) is -2.36. The van der Waals surface area contributed by atoms with Gasteiger partial charge >= 0.3 is 18.5 Å². The molecule has 396 valence electrons. The SMILES string of the molecule is COc1cccc(-c2c(C)n(Cc3c(C)cccc3F)c(=O)n(C[C@H](N)c3ccccc3)c2=O)c1F.COc1cccc(B(O)O)c1F.Cc1cccc(F)c1Cn1c(C)c(C)c(=O)n(C[C@H](N)c2ccccc2)c1=O. The first-order valence-corrected chi connectivity index (χ1v) is 24.0. The highest BCUT2D eigenvalue weighted by Crippen LogP contribution is 2.29. The zero-order chi connectivity index (χ0) is 55.5. The van der Waals surface area contributed by atoms with Gasteiger partial charge in [0.25, 0.3) is 11.1 Å². The highest BCUT2D eigenvalue weighted by Gasteiger charge is 2.25. The first-order chi connectivity index (χ1) is 36.2. The molecule has 19 heteroatoms. The third kappa shape index (κ3) is 12.7. The van der Waals surface area contributed by atoms with Crippen LogP contribution in [0.3, 0.4) is 0 Å². The Kier molecular flexibility index (Phi) is 19.1. The molecule has 0 radical (unpaired) electrons. The number of hydrogen-bond acceptors (Lipinski definition) is 10. The quantitative estimate of drug-likeness (QED) is 0.0675. The van der Waals surface area contributed by atoms with Crippen LogP contribution in [0.2, 0.25) is 0 Å². The highest BCUT2D eigenvalue weighted by atomic mass is 19.1. The standard InChI is InChI=1S/C28H27F2N3O3.C22H24FN3O2.C7H8BFO3/c1-17-9-7-13-22(29)21(17)15-32-18(2)25(20-12-8-14-24(36-3)26(20)30)27(34)33(28(32)35)16-23(31)19-10-5-4-6-11-19;1-14-8-7-11-19(23)18(14)12-25-16(3)15(2)21(27)26(22(25)28)13-20(24)17-9-5-4-6-10-17;1-12-6-4-2-3-5(7(6)9)8(10)11/h4-14,23H,15-16,31H2,1-3H3;4-11,20H,12-13,24H2,1-3H3;2-4,10-11H,1H3/t23-;20-;/m00./s1. The van der Waals surface area contributed by atoms with E-state index in [2.05, 4.69) is 4.74 Å². The Morgan fingerprint density at radius 3 is 1.38 bits per heavy atom. The van der Waals surface area contributed by atoms with Crippen molar-refractivity contribution in [1.29, 1.82) is 0 Å². The fraction of sp³-hybridized carbons (Fsp3) is 0.228. The molecule has 0 aliphatic heterocycles. The predicted molar refractivity (Wildman–Crippen MR) is 286 cm³/mol. The highest BCUT2D eigenvalue weighted by molar-refractivity contribution is 6.58. The zero-order valence-electron chi connectivity index (χ0n) is 43.1. The Morgan fingerprint density at radius 1 is 0.513 bits per heavy atom. The van der Waals surface area contributed by atoms with Crippen LogP contribution in [0.15, 0.2) is 153 Å². The number of rotatable bonds is 14. The minimum Gasteiger partial charge on any atom is -0.494 e. The molecule has 76 heavy (non-hydrogen) atoms. The summed E-state index contributed by atoms with van der Waals surface area (Å²) in [5, 5.41) is 17.4. The number of methoxy groups -OCH3 is 2. The normalized spacial score (nSPS) is 11.7. The van der Waals surface area contributed by atoms with E-state index in [1.165, 1.54) is 65.8 Å². The molecule has 0 saturated carbocycles. The molecular weight excluding hydrogens is 983 g/mol. The number of aromatic nitrogens is 4. The molecule has 8 aromatic rings. The number of halogens is 4. The van der Waals surface area contributed by atoms with E-state index in [1.54, 1.807) is 77.1 Å². The van der Waals surface area contributed by atoms with Crippen molar-refractivity contribution in [1.82, 2.24) is 18.3 Å². The Bertz CT molecular complexity index is 3550. The molecule has 2 heterocycles. The van der Waals surface area contributed by atoms with Crippen molar-refractivity contribution in [2.75, 3.05) is 14.2 Å². The molecular formula is C57H59BF4N6O8. The van der Waals surface area contributed by atoms with Gasteiger partial charge < -0.3 is 31.0 Å². The molecule has 0 unspecified atom stereocenters. The Morgan fingerprint density at radius 2 is 0.934 bits per heavy atom. The van der Waals surface area contributed by atoms with Crippen molar-refractivity contribution < 1.29 is 37.1 Å². The van der Waals surface area contributed by atoms with Crippen LogP contribution in [-0.4, -0.2) is 49.7 Å². The van der Waals surface area contributed by atoms with Gasteiger partial charge in [-0.1, -0.05) is 109 Å². The molecule has 0 spiro atoms. The lowest BCUT2D eigenvalue weighted by atomic mass is 9.80. The fourth-order valence-corrected chi connectivity index (χ4v) is 8.54. The van der Waals surface area contributed by atoms with Crippen LogP contribution in [0.4, 0.5) is 17.6 Å². The van der Waals surface area contributed by atoms with Gasteiger partial charge in [0.15, 0.2) is 23.1 Å². The summed E-state index contributed by atoms with van der Waals surface area (Å²) in [6, 6.07) is 35.2. The number of aryl methyl sites for hydroxylation is 2. The molecule has 0 amide bonds. The summed E-state index contributed by atoms with van der Waals surface area (Å²) < 4.78 is 72.0. The maximum absolute atomic E-state index is 15.3. The van der Waals surface area contributed by atoms with Gasteiger partial charge in [0.1, 0.15) is 11.6 Å². The van der Waals surface area contributed by atoms with Gasteiger partial charge in [-0.2, -0.15) is 0 Å². The third-order valence-electron chi connectivity index (χ3n) is 13.2.